The molecule has 0 spiro atoms. The summed E-state index contributed by atoms with van der Waals surface area (Å²) in [5, 5.41) is 0. The van der Waals surface area contributed by atoms with Crippen LogP contribution < -0.4 is 0 Å². The molecule has 0 unspecified atom stereocenters. The molecule has 0 atom stereocenters. The van der Waals surface area contributed by atoms with Crippen molar-refractivity contribution in [2.75, 3.05) is 0 Å². The fraction of sp³-hybridized carbons (Fsp3) is 0. The smallest absolute Gasteiger partial charge is 0.262 e. The van der Waals surface area contributed by atoms with Crippen molar-refractivity contribution in [2.24, 2.45) is 0 Å². The van der Waals surface area contributed by atoms with Crippen LogP contribution in [0.2, 0.25) is 0 Å². The van der Waals surface area contributed by atoms with Gasteiger partial charge in [-0.1, -0.05) is 0 Å². The van der Waals surface area contributed by atoms with Crippen LogP contribution in [0.1, 0.15) is 0 Å². The van der Waals surface area contributed by atoms with Crippen molar-refractivity contribution in [1.29, 1.82) is 0 Å². The Bertz CT molecular complexity index is 32.6. The maximum atomic E-state index is 8.98. The molecule has 0 radical (unpaired) electrons. The number of halogens is 2. The number of hydrogen-bond acceptors (Lipinski definition) is 1. The van der Waals surface area contributed by atoms with Gasteiger partial charge in [0.1, 0.15) is 0 Å². The van der Waals surface area contributed by atoms with Gasteiger partial charge in [0.2, 0.25) is 0 Å². The van der Waals surface area contributed by atoms with Crippen LogP contribution >= 0.6 is 23.2 Å². The first kappa shape index (κ1) is 9.45. The maximum absolute atomic E-state index is 8.98. The van der Waals surface area contributed by atoms with E-state index < -0.39 is 4.70 Å². The van der Waals surface area contributed by atoms with Crippen LogP contribution in [0.4, 0.5) is 4.79 Å². The van der Waals surface area contributed by atoms with E-state index in [9.17, 15) is 0 Å². The van der Waals surface area contributed by atoms with Crippen LogP contribution in [0.25, 0.3) is 0 Å². The van der Waals surface area contributed by atoms with E-state index in [1.165, 1.54) is 0 Å². The molecule has 28 valence electrons. The first-order valence-corrected chi connectivity index (χ1v) is 1.34. The number of carbonyl (C=O) groups is 1. The molecule has 0 aliphatic heterocycles. The van der Waals surface area contributed by atoms with E-state index in [2.05, 4.69) is 23.2 Å². The zero-order valence-electron chi connectivity index (χ0n) is 2.16. The van der Waals surface area contributed by atoms with Gasteiger partial charge in [-0.2, -0.15) is 0 Å². The Hall–Kier alpha value is 1.12. The second-order valence-electron chi connectivity index (χ2n) is 0.226. The summed E-state index contributed by atoms with van der Waals surface area (Å²) in [5.74, 6) is 0. The van der Waals surface area contributed by atoms with Crippen molar-refractivity contribution >= 4 is 27.9 Å². The Labute approximate surface area is 58.4 Å². The molecule has 1 nitrogen and oxygen atoms in total. The average molecular weight is 277 g/mol. The molecule has 0 saturated heterocycles. The molecular formula is CCl2HfO. The molecule has 0 aromatic heterocycles. The quantitative estimate of drug-likeness (QED) is 0.485. The first-order valence-electron chi connectivity index (χ1n) is 0.582. The summed E-state index contributed by atoms with van der Waals surface area (Å²) in [6.07, 6.45) is 0. The van der Waals surface area contributed by atoms with Gasteiger partial charge in [-0.25, -0.2) is 0 Å². The second-order valence-corrected chi connectivity index (χ2v) is 1.11. The Balaban J connectivity index is 0. The minimum absolute atomic E-state index is 0. The molecule has 0 saturated carbocycles. The van der Waals surface area contributed by atoms with E-state index in [1.807, 2.05) is 0 Å². The minimum atomic E-state index is -0.889. The molecule has 4 heteroatoms. The topological polar surface area (TPSA) is 17.1 Å². The van der Waals surface area contributed by atoms with Gasteiger partial charge in [0.05, 0.1) is 0 Å². The van der Waals surface area contributed by atoms with Crippen LogP contribution in [0.3, 0.4) is 0 Å². The molecule has 0 fully saturated rings. The standard InChI is InChI=1S/CCl2O.Hf/c2-1(3)4;. The van der Waals surface area contributed by atoms with Crippen molar-refractivity contribution in [1.82, 2.24) is 0 Å². The summed E-state index contributed by atoms with van der Waals surface area (Å²) in [4.78, 5) is 8.98. The zero-order chi connectivity index (χ0) is 3.58. The van der Waals surface area contributed by atoms with E-state index in [0.717, 1.165) is 0 Å². The van der Waals surface area contributed by atoms with E-state index in [4.69, 9.17) is 4.79 Å². The third kappa shape index (κ3) is 39.7. The number of rotatable bonds is 0. The van der Waals surface area contributed by atoms with Gasteiger partial charge in [0.15, 0.2) is 0 Å². The average Bonchev–Trinajstić information content (AvgIpc) is 0.811. The maximum Gasteiger partial charge on any atom is 0.313 e. The summed E-state index contributed by atoms with van der Waals surface area (Å²) in [5.41, 5.74) is 0. The predicted octanol–water partition coefficient (Wildman–Crippen LogP) is 1.58. The summed E-state index contributed by atoms with van der Waals surface area (Å²) < 4.78 is -0.889. The predicted molar refractivity (Wildman–Crippen MR) is 17.1 cm³/mol. The molecule has 0 aliphatic rings. The summed E-state index contributed by atoms with van der Waals surface area (Å²) in [6, 6.07) is 0. The Morgan fingerprint density at radius 2 is 1.40 bits per heavy atom. The SMILES string of the molecule is O=C(Cl)Cl.[Hf]. The monoisotopic (exact) mass is 278 g/mol. The van der Waals surface area contributed by atoms with Crippen molar-refractivity contribution in [3.8, 4) is 0 Å². The van der Waals surface area contributed by atoms with Gasteiger partial charge in [-0.15, -0.1) is 0 Å². The summed E-state index contributed by atoms with van der Waals surface area (Å²) in [7, 11) is 0. The molecule has 0 aromatic rings. The Morgan fingerprint density at radius 3 is 1.40 bits per heavy atom. The molecule has 0 heterocycles. The molecule has 0 rings (SSSR count). The molecular weight excluding hydrogens is 277 g/mol. The van der Waals surface area contributed by atoms with Crippen molar-refractivity contribution in [3.05, 3.63) is 0 Å². The Kier molecular flexibility index (Phi) is 9.68. The van der Waals surface area contributed by atoms with Crippen LogP contribution in [-0.4, -0.2) is 4.70 Å². The second kappa shape index (κ2) is 5.12. The molecule has 5 heavy (non-hydrogen) atoms. The van der Waals surface area contributed by atoms with E-state index in [-0.39, 0.29) is 25.8 Å². The van der Waals surface area contributed by atoms with Crippen LogP contribution in [0, 0.1) is 0 Å². The number of hydrogen-bond donors (Lipinski definition) is 0. The summed E-state index contributed by atoms with van der Waals surface area (Å²) in [6.45, 7) is 0. The van der Waals surface area contributed by atoms with Gasteiger partial charge in [-0.05, 0) is 23.2 Å². The van der Waals surface area contributed by atoms with E-state index in [0.29, 0.717) is 0 Å². The summed E-state index contributed by atoms with van der Waals surface area (Å²) >= 11 is 8.80. The normalized spacial score (nSPS) is 5.20. The van der Waals surface area contributed by atoms with Crippen LogP contribution in [0.5, 0.6) is 0 Å². The van der Waals surface area contributed by atoms with Gasteiger partial charge < -0.3 is 0 Å². The van der Waals surface area contributed by atoms with Crippen molar-refractivity contribution in [3.63, 3.8) is 0 Å². The van der Waals surface area contributed by atoms with Gasteiger partial charge in [0.25, 0.3) is 0 Å². The largest absolute Gasteiger partial charge is 0.313 e. The van der Waals surface area contributed by atoms with Crippen LogP contribution in [0.15, 0.2) is 0 Å². The van der Waals surface area contributed by atoms with Crippen molar-refractivity contribution in [2.45, 2.75) is 0 Å². The molecule has 0 N–H and O–H groups in total. The molecule has 0 aromatic carbocycles. The molecule has 0 bridgehead atoms. The van der Waals surface area contributed by atoms with E-state index in [1.54, 1.807) is 0 Å². The fourth-order valence-electron chi connectivity index (χ4n) is 0. The van der Waals surface area contributed by atoms with Crippen LogP contribution in [-0.2, 0) is 25.8 Å². The van der Waals surface area contributed by atoms with Crippen molar-refractivity contribution < 1.29 is 30.6 Å². The third-order valence-corrected chi connectivity index (χ3v) is 0. The minimum Gasteiger partial charge on any atom is -0.262 e. The number of carbonyl (C=O) groups excluding carboxylic acids is 1. The van der Waals surface area contributed by atoms with E-state index >= 15 is 0 Å². The first-order chi connectivity index (χ1) is 1.73. The van der Waals surface area contributed by atoms with Gasteiger partial charge in [0, 0.05) is 25.8 Å². The fourth-order valence-corrected chi connectivity index (χ4v) is 0. The van der Waals surface area contributed by atoms with Gasteiger partial charge in [-0.3, -0.25) is 4.79 Å². The third-order valence-electron chi connectivity index (χ3n) is 0. The molecule has 0 amide bonds. The molecule has 0 aliphatic carbocycles. The zero-order valence-corrected chi connectivity index (χ0v) is 7.27. The Morgan fingerprint density at radius 1 is 1.40 bits per heavy atom. The van der Waals surface area contributed by atoms with Gasteiger partial charge >= 0.3 is 4.70 Å².